The van der Waals surface area contributed by atoms with Gasteiger partial charge in [-0.3, -0.25) is 0 Å². The Balaban J connectivity index is 3.54. The molecule has 0 aliphatic heterocycles. The maximum absolute atomic E-state index is 11.0. The molecule has 0 saturated heterocycles. The van der Waals surface area contributed by atoms with Gasteiger partial charge in [0.05, 0.1) is 0 Å². The molecule has 0 amide bonds. The third kappa shape index (κ3) is 3.17. The fraction of sp³-hybridized carbons (Fsp3) is 1.00. The van der Waals surface area contributed by atoms with E-state index >= 15 is 0 Å². The lowest BCUT2D eigenvalue weighted by atomic mass is 10.8. The van der Waals surface area contributed by atoms with Gasteiger partial charge < -0.3 is 0 Å². The molecule has 0 fully saturated rings. The van der Waals surface area contributed by atoms with Gasteiger partial charge in [0.2, 0.25) is 0 Å². The maximum Gasteiger partial charge on any atom is 0.414 e. The second-order valence-electron chi connectivity index (χ2n) is 0.842. The minimum atomic E-state index is -4.32. The van der Waals surface area contributed by atoms with Crippen LogP contribution in [0.2, 0.25) is 0 Å². The highest BCUT2D eigenvalue weighted by atomic mass is 79.9. The van der Waals surface area contributed by atoms with Gasteiger partial charge in [0.15, 0.2) is 4.29 Å². The molecule has 44 valence electrons. The molecular formula is C2HBrClF3. The molecule has 0 rings (SSSR count). The summed E-state index contributed by atoms with van der Waals surface area (Å²) in [6.07, 6.45) is -4.32. The van der Waals surface area contributed by atoms with E-state index in [0.29, 0.717) is 0 Å². The summed E-state index contributed by atoms with van der Waals surface area (Å²) >= 11 is 6.68. The molecule has 0 heterocycles. The highest BCUT2D eigenvalue weighted by molar-refractivity contribution is 9.10. The summed E-state index contributed by atoms with van der Waals surface area (Å²) < 4.78 is 31.1. The van der Waals surface area contributed by atoms with Crippen molar-refractivity contribution in [2.45, 2.75) is 10.5 Å². The van der Waals surface area contributed by atoms with Crippen LogP contribution in [-0.4, -0.2) is 10.5 Å². The van der Waals surface area contributed by atoms with Crippen LogP contribution in [0.25, 0.3) is 0 Å². The number of hydrogen-bond acceptors (Lipinski definition) is 0. The van der Waals surface area contributed by atoms with E-state index in [2.05, 4.69) is 27.5 Å². The number of hydrogen-bond donors (Lipinski definition) is 0. The van der Waals surface area contributed by atoms with Crippen molar-refractivity contribution in [1.29, 1.82) is 0 Å². The minimum Gasteiger partial charge on any atom is -0.168 e. The summed E-state index contributed by atoms with van der Waals surface area (Å²) in [5.41, 5.74) is 0. The van der Waals surface area contributed by atoms with Gasteiger partial charge in [-0.2, -0.15) is 13.2 Å². The lowest BCUT2D eigenvalue weighted by Crippen LogP contribution is -2.16. The first-order chi connectivity index (χ1) is 2.94. The van der Waals surface area contributed by atoms with Crippen LogP contribution in [0.1, 0.15) is 0 Å². The monoisotopic (exact) mass is 195 g/mol. The first-order valence-corrected chi connectivity index (χ1v) is 2.64. The van der Waals surface area contributed by atoms with Crippen molar-refractivity contribution in [2.75, 3.05) is 0 Å². The van der Waals surface area contributed by atoms with E-state index in [1.165, 1.54) is 0 Å². The highest BCUT2D eigenvalue weighted by Crippen LogP contribution is 2.28. The lowest BCUT2D eigenvalue weighted by molar-refractivity contribution is -0.112. The molecule has 1 atom stereocenters. The molecule has 0 aromatic carbocycles. The van der Waals surface area contributed by atoms with Gasteiger partial charge in [-0.1, -0.05) is 15.9 Å². The minimum absolute atomic E-state index is 1.92. The summed E-state index contributed by atoms with van der Waals surface area (Å²) in [4.78, 5) is 0. The summed E-state index contributed by atoms with van der Waals surface area (Å²) in [5, 5.41) is 0. The maximum atomic E-state index is 11.0. The normalized spacial score (nSPS) is 16.7. The van der Waals surface area contributed by atoms with Gasteiger partial charge in [-0.05, 0) is 0 Å². The van der Waals surface area contributed by atoms with Crippen LogP contribution < -0.4 is 0 Å². The Hall–Kier alpha value is 0.560. The molecule has 0 aliphatic rings. The molecule has 0 radical (unpaired) electrons. The third-order valence-corrected chi connectivity index (χ3v) is 1.01. The molecular weight excluding hydrogens is 195 g/mol. The van der Waals surface area contributed by atoms with Crippen LogP contribution in [0.3, 0.4) is 0 Å². The van der Waals surface area contributed by atoms with Crippen LogP contribution in [0.5, 0.6) is 0 Å². The average Bonchev–Trinajstić information content (AvgIpc) is 1.31. The Morgan fingerprint density at radius 2 is 1.57 bits per heavy atom. The molecule has 1 unspecified atom stereocenters. The summed E-state index contributed by atoms with van der Waals surface area (Å²) in [7, 11) is 0. The zero-order valence-corrected chi connectivity index (χ0v) is 5.31. The van der Waals surface area contributed by atoms with E-state index < -0.39 is 10.5 Å². The van der Waals surface area contributed by atoms with Gasteiger partial charge in [0.25, 0.3) is 0 Å². The van der Waals surface area contributed by atoms with Gasteiger partial charge in [0, 0.05) is 0 Å². The molecule has 0 aromatic rings. The highest BCUT2D eigenvalue weighted by Gasteiger charge is 2.35. The van der Waals surface area contributed by atoms with E-state index in [4.69, 9.17) is 0 Å². The van der Waals surface area contributed by atoms with Crippen LogP contribution >= 0.6 is 27.5 Å². The molecule has 0 spiro atoms. The van der Waals surface area contributed by atoms with E-state index in [1.54, 1.807) is 0 Å². The molecule has 0 nitrogen and oxygen atoms in total. The van der Waals surface area contributed by atoms with E-state index in [-0.39, 0.29) is 0 Å². The van der Waals surface area contributed by atoms with Crippen molar-refractivity contribution in [2.24, 2.45) is 0 Å². The summed E-state index contributed by atoms with van der Waals surface area (Å²) in [6, 6.07) is 0. The molecule has 5 heteroatoms. The number of halogens is 5. The zero-order chi connectivity index (χ0) is 6.08. The van der Waals surface area contributed by atoms with Crippen LogP contribution in [-0.2, 0) is 0 Å². The Labute approximate surface area is 51.8 Å². The second kappa shape index (κ2) is 2.22. The Kier molecular flexibility index (Phi) is 2.40. The Morgan fingerprint density at radius 3 is 1.57 bits per heavy atom. The molecule has 0 bridgehead atoms. The largest absolute Gasteiger partial charge is 0.414 e. The van der Waals surface area contributed by atoms with Crippen molar-refractivity contribution in [3.63, 3.8) is 0 Å². The van der Waals surface area contributed by atoms with E-state index in [0.717, 1.165) is 0 Å². The molecule has 7 heavy (non-hydrogen) atoms. The first kappa shape index (κ1) is 7.56. The predicted octanol–water partition coefficient (Wildman–Crippen LogP) is 2.51. The molecule has 0 N–H and O–H groups in total. The first-order valence-electron chi connectivity index (χ1n) is 1.29. The second-order valence-corrected chi connectivity index (χ2v) is 2.72. The quantitative estimate of drug-likeness (QED) is 0.522. The summed E-state index contributed by atoms with van der Waals surface area (Å²) in [5.74, 6) is 0. The van der Waals surface area contributed by atoms with Gasteiger partial charge in [-0.15, -0.1) is 11.6 Å². The van der Waals surface area contributed by atoms with Crippen LogP contribution in [0.4, 0.5) is 13.2 Å². The summed E-state index contributed by atoms with van der Waals surface area (Å²) in [6.45, 7) is 0. The lowest BCUT2D eigenvalue weighted by Gasteiger charge is -2.03. The van der Waals surface area contributed by atoms with Crippen molar-refractivity contribution in [3.8, 4) is 0 Å². The number of alkyl halides is 5. The Morgan fingerprint density at radius 1 is 1.43 bits per heavy atom. The molecule has 0 saturated carbocycles. The topological polar surface area (TPSA) is 0 Å². The predicted molar refractivity (Wildman–Crippen MR) is 24.6 cm³/mol. The Bertz CT molecular complexity index is 58.4. The van der Waals surface area contributed by atoms with Gasteiger partial charge in [-0.25, -0.2) is 0 Å². The fourth-order valence-corrected chi connectivity index (χ4v) is 0. The fourth-order valence-electron chi connectivity index (χ4n) is 0. The van der Waals surface area contributed by atoms with Gasteiger partial charge >= 0.3 is 6.18 Å². The molecule has 0 aliphatic carbocycles. The SMILES string of the molecule is FC(F)([18F])C(Cl)Br. The standard InChI is InChI=1S/C2HBrClF3/c3-1(4)2(5,6)7/h1H/i5-1. The molecule has 0 aromatic heterocycles. The van der Waals surface area contributed by atoms with Crippen molar-refractivity contribution in [1.82, 2.24) is 0 Å². The van der Waals surface area contributed by atoms with Crippen molar-refractivity contribution >= 4 is 27.5 Å². The van der Waals surface area contributed by atoms with Gasteiger partial charge in [0.1, 0.15) is 0 Å². The van der Waals surface area contributed by atoms with E-state index in [9.17, 15) is 13.2 Å². The van der Waals surface area contributed by atoms with Crippen molar-refractivity contribution < 1.29 is 13.2 Å². The van der Waals surface area contributed by atoms with Crippen LogP contribution in [0, 0.1) is 0 Å². The third-order valence-electron chi connectivity index (χ3n) is 0.247. The van der Waals surface area contributed by atoms with Crippen molar-refractivity contribution in [3.05, 3.63) is 0 Å². The van der Waals surface area contributed by atoms with E-state index in [1.807, 2.05) is 0 Å². The average molecular weight is 196 g/mol. The van der Waals surface area contributed by atoms with Crippen LogP contribution in [0.15, 0.2) is 0 Å². The smallest absolute Gasteiger partial charge is 0.168 e. The number of rotatable bonds is 0. The zero-order valence-electron chi connectivity index (χ0n) is 2.97.